The van der Waals surface area contributed by atoms with Gasteiger partial charge in [0, 0.05) is 25.2 Å². The molecule has 0 aromatic heterocycles. The first-order valence-electron chi connectivity index (χ1n) is 9.49. The minimum absolute atomic E-state index is 0.170. The van der Waals surface area contributed by atoms with E-state index >= 15 is 0 Å². The number of hydrogen-bond donors (Lipinski definition) is 2. The van der Waals surface area contributed by atoms with Crippen LogP contribution in [0.1, 0.15) is 18.4 Å². The van der Waals surface area contributed by atoms with Gasteiger partial charge in [0.2, 0.25) is 5.91 Å². The van der Waals surface area contributed by atoms with E-state index in [4.69, 9.17) is 5.73 Å². The minimum Gasteiger partial charge on any atom is -0.370 e. The molecule has 0 radical (unpaired) electrons. The van der Waals surface area contributed by atoms with E-state index in [1.807, 2.05) is 42.5 Å². The number of urea groups is 1. The van der Waals surface area contributed by atoms with Crippen molar-refractivity contribution in [3.05, 3.63) is 78.4 Å². The number of primary amides is 1. The third-order valence-electron chi connectivity index (χ3n) is 4.65. The standard InChI is InChI=1S/C23H25N3O2/c24-22(27)11-6-15-26(23(28)25-21-9-2-1-3-10-21)16-14-18-12-13-19-7-4-5-8-20(19)17-18/h1-5,7-10,12-13,17H,6,11,14-16H2,(H2,24,27)(H,25,28). The summed E-state index contributed by atoms with van der Waals surface area (Å²) in [5.41, 5.74) is 7.16. The van der Waals surface area contributed by atoms with Gasteiger partial charge in [0.25, 0.3) is 0 Å². The van der Waals surface area contributed by atoms with Crippen LogP contribution < -0.4 is 11.1 Å². The fourth-order valence-electron chi connectivity index (χ4n) is 3.14. The Kier molecular flexibility index (Phi) is 6.63. The Balaban J connectivity index is 1.66. The minimum atomic E-state index is -0.349. The van der Waals surface area contributed by atoms with Crippen LogP contribution in [0.25, 0.3) is 10.8 Å². The number of carbonyl (C=O) groups is 2. The van der Waals surface area contributed by atoms with Gasteiger partial charge in [0.05, 0.1) is 0 Å². The average Bonchev–Trinajstić information content (AvgIpc) is 2.70. The maximum atomic E-state index is 12.7. The number of nitrogens with zero attached hydrogens (tertiary/aromatic N) is 1. The number of nitrogens with two attached hydrogens (primary N) is 1. The van der Waals surface area contributed by atoms with Gasteiger partial charge in [-0.2, -0.15) is 0 Å². The number of benzene rings is 3. The molecule has 28 heavy (non-hydrogen) atoms. The van der Waals surface area contributed by atoms with Crippen LogP contribution in [0.3, 0.4) is 0 Å². The Labute approximate surface area is 165 Å². The summed E-state index contributed by atoms with van der Waals surface area (Å²) in [5, 5.41) is 5.31. The Bertz CT molecular complexity index is 941. The van der Waals surface area contributed by atoms with Crippen LogP contribution in [0.15, 0.2) is 72.8 Å². The summed E-state index contributed by atoms with van der Waals surface area (Å²) >= 11 is 0. The number of fused-ring (bicyclic) bond motifs is 1. The second kappa shape index (κ2) is 9.55. The van der Waals surface area contributed by atoms with Crippen molar-refractivity contribution >= 4 is 28.4 Å². The number of hydrogen-bond acceptors (Lipinski definition) is 2. The molecule has 0 aliphatic heterocycles. The molecule has 0 fully saturated rings. The quantitative estimate of drug-likeness (QED) is 0.620. The number of para-hydroxylation sites is 1. The van der Waals surface area contributed by atoms with Gasteiger partial charge in [-0.05, 0) is 41.3 Å². The monoisotopic (exact) mass is 375 g/mol. The van der Waals surface area contributed by atoms with Crippen LogP contribution >= 0.6 is 0 Å². The third kappa shape index (κ3) is 5.58. The topological polar surface area (TPSA) is 75.4 Å². The van der Waals surface area contributed by atoms with Crippen molar-refractivity contribution in [1.29, 1.82) is 0 Å². The number of carbonyl (C=O) groups excluding carboxylic acids is 2. The second-order valence-corrected chi connectivity index (χ2v) is 6.78. The van der Waals surface area contributed by atoms with E-state index in [9.17, 15) is 9.59 Å². The van der Waals surface area contributed by atoms with Gasteiger partial charge in [-0.3, -0.25) is 4.79 Å². The molecule has 5 nitrogen and oxygen atoms in total. The SMILES string of the molecule is NC(=O)CCCN(CCc1ccc2ccccc2c1)C(=O)Nc1ccccc1. The molecule has 3 N–H and O–H groups in total. The van der Waals surface area contributed by atoms with Crippen molar-refractivity contribution in [2.45, 2.75) is 19.3 Å². The van der Waals surface area contributed by atoms with Crippen LogP contribution in [0, 0.1) is 0 Å². The Morgan fingerprint density at radius 3 is 2.32 bits per heavy atom. The van der Waals surface area contributed by atoms with E-state index in [2.05, 4.69) is 35.6 Å². The molecule has 3 rings (SSSR count). The average molecular weight is 375 g/mol. The first kappa shape index (κ1) is 19.4. The maximum Gasteiger partial charge on any atom is 0.321 e. The first-order valence-corrected chi connectivity index (χ1v) is 9.49. The lowest BCUT2D eigenvalue weighted by molar-refractivity contribution is -0.118. The summed E-state index contributed by atoms with van der Waals surface area (Å²) in [6.45, 7) is 1.05. The van der Waals surface area contributed by atoms with Gasteiger partial charge < -0.3 is 16.0 Å². The lowest BCUT2D eigenvalue weighted by Gasteiger charge is -2.23. The van der Waals surface area contributed by atoms with Crippen LogP contribution in [-0.4, -0.2) is 29.9 Å². The molecular weight excluding hydrogens is 350 g/mol. The molecule has 3 aromatic rings. The number of amides is 3. The van der Waals surface area contributed by atoms with E-state index in [0.717, 1.165) is 12.1 Å². The summed E-state index contributed by atoms with van der Waals surface area (Å²) in [4.78, 5) is 25.5. The van der Waals surface area contributed by atoms with Gasteiger partial charge in [-0.25, -0.2) is 4.79 Å². The van der Waals surface area contributed by atoms with Crippen molar-refractivity contribution in [2.75, 3.05) is 18.4 Å². The third-order valence-corrected chi connectivity index (χ3v) is 4.65. The molecule has 0 saturated heterocycles. The molecule has 0 saturated carbocycles. The van der Waals surface area contributed by atoms with Crippen molar-refractivity contribution in [3.63, 3.8) is 0 Å². The zero-order valence-corrected chi connectivity index (χ0v) is 15.8. The normalized spacial score (nSPS) is 10.6. The number of rotatable bonds is 8. The van der Waals surface area contributed by atoms with Gasteiger partial charge in [-0.15, -0.1) is 0 Å². The Hall–Kier alpha value is -3.34. The zero-order valence-electron chi connectivity index (χ0n) is 15.8. The molecule has 3 amide bonds. The van der Waals surface area contributed by atoms with Gasteiger partial charge in [-0.1, -0.05) is 60.7 Å². The molecule has 0 bridgehead atoms. The van der Waals surface area contributed by atoms with Crippen LogP contribution in [0.4, 0.5) is 10.5 Å². The molecule has 5 heteroatoms. The van der Waals surface area contributed by atoms with E-state index < -0.39 is 0 Å². The summed E-state index contributed by atoms with van der Waals surface area (Å²) in [5.74, 6) is -0.349. The van der Waals surface area contributed by atoms with Gasteiger partial charge in [0.1, 0.15) is 0 Å². The van der Waals surface area contributed by atoms with Crippen molar-refractivity contribution in [2.24, 2.45) is 5.73 Å². The highest BCUT2D eigenvalue weighted by Gasteiger charge is 2.14. The summed E-state index contributed by atoms with van der Waals surface area (Å²) < 4.78 is 0. The van der Waals surface area contributed by atoms with E-state index in [-0.39, 0.29) is 18.4 Å². The molecule has 0 aliphatic rings. The van der Waals surface area contributed by atoms with E-state index in [1.54, 1.807) is 4.90 Å². The van der Waals surface area contributed by atoms with E-state index in [1.165, 1.54) is 16.3 Å². The highest BCUT2D eigenvalue weighted by atomic mass is 16.2. The summed E-state index contributed by atoms with van der Waals surface area (Å²) in [6, 6.07) is 23.8. The van der Waals surface area contributed by atoms with Crippen LogP contribution in [0.5, 0.6) is 0 Å². The fourth-order valence-corrected chi connectivity index (χ4v) is 3.14. The fraction of sp³-hybridized carbons (Fsp3) is 0.217. The maximum absolute atomic E-state index is 12.7. The number of anilines is 1. The Morgan fingerprint density at radius 1 is 0.857 bits per heavy atom. The molecule has 0 unspecified atom stereocenters. The Morgan fingerprint density at radius 2 is 1.57 bits per heavy atom. The lowest BCUT2D eigenvalue weighted by atomic mass is 10.0. The van der Waals surface area contributed by atoms with Crippen LogP contribution in [0.2, 0.25) is 0 Å². The van der Waals surface area contributed by atoms with Gasteiger partial charge in [0.15, 0.2) is 0 Å². The highest BCUT2D eigenvalue weighted by Crippen LogP contribution is 2.16. The molecule has 0 aliphatic carbocycles. The van der Waals surface area contributed by atoms with Crippen molar-refractivity contribution in [1.82, 2.24) is 4.90 Å². The molecule has 0 atom stereocenters. The number of nitrogens with one attached hydrogen (secondary N) is 1. The summed E-state index contributed by atoms with van der Waals surface area (Å²) in [6.07, 6.45) is 1.56. The van der Waals surface area contributed by atoms with Crippen molar-refractivity contribution in [3.8, 4) is 0 Å². The highest BCUT2D eigenvalue weighted by molar-refractivity contribution is 5.89. The van der Waals surface area contributed by atoms with Crippen molar-refractivity contribution < 1.29 is 9.59 Å². The molecule has 3 aromatic carbocycles. The van der Waals surface area contributed by atoms with Gasteiger partial charge >= 0.3 is 6.03 Å². The summed E-state index contributed by atoms with van der Waals surface area (Å²) in [7, 11) is 0. The lowest BCUT2D eigenvalue weighted by Crippen LogP contribution is -2.37. The zero-order chi connectivity index (χ0) is 19.8. The largest absolute Gasteiger partial charge is 0.370 e. The molecule has 0 heterocycles. The second-order valence-electron chi connectivity index (χ2n) is 6.78. The smallest absolute Gasteiger partial charge is 0.321 e. The van der Waals surface area contributed by atoms with E-state index in [0.29, 0.717) is 19.5 Å². The van der Waals surface area contributed by atoms with Crippen LogP contribution in [-0.2, 0) is 11.2 Å². The molecule has 0 spiro atoms. The predicted octanol–water partition coefficient (Wildman–Crippen LogP) is 4.18. The predicted molar refractivity (Wildman–Crippen MR) is 113 cm³/mol. The first-order chi connectivity index (χ1) is 13.6. The molecule has 144 valence electrons. The molecular formula is C23H25N3O2.